The highest BCUT2D eigenvalue weighted by Gasteiger charge is 2.03. The number of nitrogens with zero attached hydrogens (tertiary/aromatic N) is 2. The van der Waals surface area contributed by atoms with Gasteiger partial charge in [0.2, 0.25) is 0 Å². The molecule has 0 unspecified atom stereocenters. The molecule has 0 saturated heterocycles. The summed E-state index contributed by atoms with van der Waals surface area (Å²) in [5.74, 6) is 0. The van der Waals surface area contributed by atoms with E-state index in [1.807, 2.05) is 19.5 Å². The van der Waals surface area contributed by atoms with E-state index in [1.54, 1.807) is 0 Å². The highest BCUT2D eigenvalue weighted by Crippen LogP contribution is 1.89. The van der Waals surface area contributed by atoms with Crippen LogP contribution in [0.4, 0.5) is 0 Å². The molecule has 0 N–H and O–H groups in total. The second-order valence-corrected chi connectivity index (χ2v) is 2.33. The van der Waals surface area contributed by atoms with Crippen LogP contribution >= 0.6 is 0 Å². The predicted molar refractivity (Wildman–Crippen MR) is 39.4 cm³/mol. The lowest BCUT2D eigenvalue weighted by molar-refractivity contribution is -0.496. The van der Waals surface area contributed by atoms with E-state index in [4.69, 9.17) is 0 Å². The van der Waals surface area contributed by atoms with Crippen LogP contribution in [0.25, 0.3) is 0 Å². The Morgan fingerprint density at radius 3 is 3.11 bits per heavy atom. The molecule has 1 aliphatic heterocycles. The standard InChI is InChI=1S/C7H11N2/c1-7(2)5-9-4-3-8-6-9/h3,6H,1,4-5H2,2H3/q+1. The molecule has 0 atom stereocenters. The molecule has 1 aliphatic rings. The van der Waals surface area contributed by atoms with Crippen molar-refractivity contribution in [3.63, 3.8) is 0 Å². The Bertz CT molecular complexity index is 177. The van der Waals surface area contributed by atoms with Crippen molar-refractivity contribution in [2.24, 2.45) is 4.99 Å². The fraction of sp³-hybridized carbons (Fsp3) is 0.429. The quantitative estimate of drug-likeness (QED) is 0.379. The van der Waals surface area contributed by atoms with Crippen LogP contribution in [0.3, 0.4) is 0 Å². The Morgan fingerprint density at radius 2 is 2.67 bits per heavy atom. The smallest absolute Gasteiger partial charge is 0.254 e. The molecule has 0 aliphatic carbocycles. The summed E-state index contributed by atoms with van der Waals surface area (Å²) in [5, 5.41) is 0. The molecule has 0 saturated carbocycles. The van der Waals surface area contributed by atoms with Crippen LogP contribution in [0.1, 0.15) is 6.92 Å². The van der Waals surface area contributed by atoms with Crippen LogP contribution in [0, 0.1) is 0 Å². The van der Waals surface area contributed by atoms with Gasteiger partial charge in [-0.15, -0.1) is 0 Å². The first-order valence-electron chi connectivity index (χ1n) is 3.02. The number of rotatable bonds is 2. The van der Waals surface area contributed by atoms with Gasteiger partial charge in [-0.1, -0.05) is 11.6 Å². The van der Waals surface area contributed by atoms with E-state index >= 15 is 0 Å². The first-order valence-corrected chi connectivity index (χ1v) is 3.02. The largest absolute Gasteiger partial charge is 0.281 e. The monoisotopic (exact) mass is 123 g/mol. The molecule has 1 heterocycles. The summed E-state index contributed by atoms with van der Waals surface area (Å²) in [7, 11) is 0. The highest BCUT2D eigenvalue weighted by molar-refractivity contribution is 5.74. The first-order chi connectivity index (χ1) is 4.29. The van der Waals surface area contributed by atoms with E-state index in [1.165, 1.54) is 5.57 Å². The Labute approximate surface area is 55.2 Å². The lowest BCUT2D eigenvalue weighted by Gasteiger charge is -1.95. The maximum absolute atomic E-state index is 3.95. The maximum atomic E-state index is 3.95. The molecular formula is C7H11N2+. The predicted octanol–water partition coefficient (Wildman–Crippen LogP) is 0.688. The summed E-state index contributed by atoms with van der Waals surface area (Å²) in [6.07, 6.45) is 3.73. The van der Waals surface area contributed by atoms with Crippen LogP contribution in [0.5, 0.6) is 0 Å². The topological polar surface area (TPSA) is 15.4 Å². The Kier molecular flexibility index (Phi) is 1.78. The summed E-state index contributed by atoms with van der Waals surface area (Å²) < 4.78 is 2.11. The van der Waals surface area contributed by atoms with Gasteiger partial charge in [0.25, 0.3) is 6.34 Å². The van der Waals surface area contributed by atoms with Gasteiger partial charge in [-0.3, -0.25) is 4.58 Å². The van der Waals surface area contributed by atoms with E-state index in [2.05, 4.69) is 16.1 Å². The van der Waals surface area contributed by atoms with Crippen molar-refractivity contribution in [2.75, 3.05) is 13.1 Å². The molecule has 0 radical (unpaired) electrons. The third-order valence-electron chi connectivity index (χ3n) is 1.12. The van der Waals surface area contributed by atoms with E-state index in [-0.39, 0.29) is 0 Å². The van der Waals surface area contributed by atoms with Crippen LogP contribution in [-0.2, 0) is 0 Å². The van der Waals surface area contributed by atoms with Crippen LogP contribution in [-0.4, -0.2) is 30.2 Å². The minimum absolute atomic E-state index is 0.931. The summed E-state index contributed by atoms with van der Waals surface area (Å²) in [5.41, 5.74) is 1.18. The second kappa shape index (κ2) is 2.58. The van der Waals surface area contributed by atoms with Gasteiger partial charge >= 0.3 is 0 Å². The molecular weight excluding hydrogens is 112 g/mol. The molecule has 48 valence electrons. The zero-order valence-electron chi connectivity index (χ0n) is 5.67. The van der Waals surface area contributed by atoms with Crippen molar-refractivity contribution < 1.29 is 4.58 Å². The molecule has 0 spiro atoms. The Hall–Kier alpha value is -0.920. The zero-order valence-corrected chi connectivity index (χ0v) is 5.67. The molecule has 0 fully saturated rings. The highest BCUT2D eigenvalue weighted by atomic mass is 15.1. The number of hydrogen-bond acceptors (Lipinski definition) is 1. The van der Waals surface area contributed by atoms with Crippen molar-refractivity contribution in [1.82, 2.24) is 0 Å². The van der Waals surface area contributed by atoms with Gasteiger partial charge in [0.05, 0.1) is 0 Å². The average molecular weight is 123 g/mol. The van der Waals surface area contributed by atoms with Gasteiger partial charge in [0.15, 0.2) is 6.21 Å². The third-order valence-corrected chi connectivity index (χ3v) is 1.12. The van der Waals surface area contributed by atoms with Gasteiger partial charge < -0.3 is 0 Å². The molecule has 0 aromatic heterocycles. The molecule has 9 heavy (non-hydrogen) atoms. The number of hydrogen-bond donors (Lipinski definition) is 0. The SMILES string of the molecule is C=C(C)C[N+]1=CN=CC1. The van der Waals surface area contributed by atoms with E-state index < -0.39 is 0 Å². The fourth-order valence-electron chi connectivity index (χ4n) is 0.793. The van der Waals surface area contributed by atoms with Crippen LogP contribution in [0.15, 0.2) is 17.1 Å². The second-order valence-electron chi connectivity index (χ2n) is 2.33. The molecule has 0 bridgehead atoms. The van der Waals surface area contributed by atoms with Crippen molar-refractivity contribution >= 4 is 12.6 Å². The zero-order chi connectivity index (χ0) is 6.69. The summed E-state index contributed by atoms with van der Waals surface area (Å²) in [6, 6.07) is 0. The van der Waals surface area contributed by atoms with Crippen molar-refractivity contribution in [2.45, 2.75) is 6.92 Å². The fourth-order valence-corrected chi connectivity index (χ4v) is 0.793. The van der Waals surface area contributed by atoms with Gasteiger partial charge in [0, 0.05) is 0 Å². The maximum Gasteiger partial charge on any atom is 0.281 e. The Balaban J connectivity index is 2.39. The molecule has 0 aromatic rings. The normalized spacial score (nSPS) is 15.9. The Morgan fingerprint density at radius 1 is 1.89 bits per heavy atom. The minimum Gasteiger partial charge on any atom is -0.254 e. The average Bonchev–Trinajstić information content (AvgIpc) is 2.15. The minimum atomic E-state index is 0.931. The lowest BCUT2D eigenvalue weighted by Crippen LogP contribution is -2.12. The van der Waals surface area contributed by atoms with Gasteiger partial charge in [-0.05, 0) is 12.5 Å². The first kappa shape index (κ1) is 6.20. The summed E-state index contributed by atoms with van der Waals surface area (Å²) >= 11 is 0. The van der Waals surface area contributed by atoms with Crippen LogP contribution in [0.2, 0.25) is 0 Å². The molecule has 0 amide bonds. The van der Waals surface area contributed by atoms with E-state index in [9.17, 15) is 0 Å². The lowest BCUT2D eigenvalue weighted by atomic mass is 10.3. The van der Waals surface area contributed by atoms with E-state index in [0.29, 0.717) is 0 Å². The van der Waals surface area contributed by atoms with Crippen LogP contribution < -0.4 is 0 Å². The molecule has 0 aromatic carbocycles. The van der Waals surface area contributed by atoms with Gasteiger partial charge in [0.1, 0.15) is 13.1 Å². The summed E-state index contributed by atoms with van der Waals surface area (Å²) in [6.45, 7) is 7.69. The molecule has 2 heteroatoms. The number of aliphatic imine (C=N–C) groups is 1. The van der Waals surface area contributed by atoms with Crippen molar-refractivity contribution in [3.05, 3.63) is 12.2 Å². The molecule has 1 rings (SSSR count). The summed E-state index contributed by atoms with van der Waals surface area (Å²) in [4.78, 5) is 3.95. The van der Waals surface area contributed by atoms with Gasteiger partial charge in [-0.2, -0.15) is 0 Å². The van der Waals surface area contributed by atoms with E-state index in [0.717, 1.165) is 13.1 Å². The van der Waals surface area contributed by atoms with Gasteiger partial charge in [-0.25, -0.2) is 0 Å². The van der Waals surface area contributed by atoms with Crippen molar-refractivity contribution in [3.8, 4) is 0 Å². The third kappa shape index (κ3) is 1.80. The van der Waals surface area contributed by atoms with Crippen molar-refractivity contribution in [1.29, 1.82) is 0 Å². The molecule has 2 nitrogen and oxygen atoms in total.